The summed E-state index contributed by atoms with van der Waals surface area (Å²) in [4.78, 5) is 0. The Morgan fingerprint density at radius 2 is 1.67 bits per heavy atom. The number of rotatable bonds is 3. The van der Waals surface area contributed by atoms with Gasteiger partial charge in [0.25, 0.3) is 0 Å². The third-order valence-electron chi connectivity index (χ3n) is 5.59. The molecule has 0 nitrogen and oxygen atoms in total. The topological polar surface area (TPSA) is 0 Å². The molecule has 0 unspecified atom stereocenters. The first-order valence-electron chi connectivity index (χ1n) is 8.97. The molecule has 1 fully saturated rings. The third kappa shape index (κ3) is 3.62. The van der Waals surface area contributed by atoms with Gasteiger partial charge in [-0.1, -0.05) is 68.1 Å². The van der Waals surface area contributed by atoms with Crippen LogP contribution in [0.1, 0.15) is 44.6 Å². The summed E-state index contributed by atoms with van der Waals surface area (Å²) in [6, 6.07) is 22.3. The zero-order valence-electron chi connectivity index (χ0n) is 14.5. The van der Waals surface area contributed by atoms with Crippen LogP contribution in [0.3, 0.4) is 0 Å². The molecule has 1 aliphatic rings. The summed E-state index contributed by atoms with van der Waals surface area (Å²) in [5.41, 5.74) is 4.71. The second-order valence-corrected chi connectivity index (χ2v) is 7.59. The zero-order chi connectivity index (χ0) is 15.7. The van der Waals surface area contributed by atoms with Crippen molar-refractivity contribution < 1.29 is 26.2 Å². The average Bonchev–Trinajstić information content (AvgIpc) is 2.97. The van der Waals surface area contributed by atoms with Crippen molar-refractivity contribution in [3.05, 3.63) is 66.2 Å². The van der Waals surface area contributed by atoms with Crippen molar-refractivity contribution in [2.45, 2.75) is 45.4 Å². The van der Waals surface area contributed by atoms with Gasteiger partial charge in [-0.3, -0.25) is 0 Å². The summed E-state index contributed by atoms with van der Waals surface area (Å²) in [6.07, 6.45) is 8.25. The maximum absolute atomic E-state index is 2.49. The first kappa shape index (κ1) is 17.7. The van der Waals surface area contributed by atoms with Crippen LogP contribution >= 0.6 is 0 Å². The Labute approximate surface area is 164 Å². The minimum absolute atomic E-state index is 0. The van der Waals surface area contributed by atoms with Gasteiger partial charge in [0.1, 0.15) is 0 Å². The van der Waals surface area contributed by atoms with E-state index in [2.05, 4.69) is 67.6 Å². The minimum Gasteiger partial charge on any atom is -0.164 e. The van der Waals surface area contributed by atoms with Gasteiger partial charge in [0, 0.05) is 26.2 Å². The smallest absolute Gasteiger partial charge is 0 e. The Morgan fingerprint density at radius 1 is 0.917 bits per heavy atom. The summed E-state index contributed by atoms with van der Waals surface area (Å²) in [5.74, 6) is 0. The molecular formula is C23H25Zr-. The van der Waals surface area contributed by atoms with Crippen LogP contribution in [0.25, 0.3) is 21.9 Å². The van der Waals surface area contributed by atoms with Crippen molar-refractivity contribution in [2.75, 3.05) is 0 Å². The fourth-order valence-electron chi connectivity index (χ4n) is 4.34. The standard InChI is InChI=1S/C23H25.Zr/c1-23(13-6-3-7-14-23)17-18-15-20-11-8-12-21(22(20)16-18)19-9-4-2-5-10-19;/h2,4-5,8-12,15-16H,3,6-7,13-14,17H2,1H3;/q-1;. The maximum atomic E-state index is 2.49. The molecular weight excluding hydrogens is 367 g/mol. The number of fused-ring (bicyclic) bond motifs is 1. The van der Waals surface area contributed by atoms with E-state index in [-0.39, 0.29) is 26.2 Å². The van der Waals surface area contributed by atoms with Gasteiger partial charge in [0.05, 0.1) is 0 Å². The normalized spacial score (nSPS) is 16.7. The zero-order valence-corrected chi connectivity index (χ0v) is 17.0. The number of hydrogen-bond acceptors (Lipinski definition) is 0. The van der Waals surface area contributed by atoms with E-state index in [1.807, 2.05) is 0 Å². The van der Waals surface area contributed by atoms with E-state index >= 15 is 0 Å². The largest absolute Gasteiger partial charge is 0.164 e. The summed E-state index contributed by atoms with van der Waals surface area (Å²) in [6.45, 7) is 2.49. The second kappa shape index (κ2) is 7.44. The molecule has 0 N–H and O–H groups in total. The third-order valence-corrected chi connectivity index (χ3v) is 5.59. The predicted octanol–water partition coefficient (Wildman–Crippen LogP) is 6.74. The molecule has 3 aromatic carbocycles. The van der Waals surface area contributed by atoms with Crippen molar-refractivity contribution in [1.29, 1.82) is 0 Å². The monoisotopic (exact) mass is 391 g/mol. The van der Waals surface area contributed by atoms with Crippen molar-refractivity contribution in [3.63, 3.8) is 0 Å². The molecule has 0 spiro atoms. The van der Waals surface area contributed by atoms with Gasteiger partial charge >= 0.3 is 0 Å². The van der Waals surface area contributed by atoms with Gasteiger partial charge in [-0.25, -0.2) is 0 Å². The van der Waals surface area contributed by atoms with E-state index in [1.165, 1.54) is 66.0 Å². The molecule has 0 aliphatic heterocycles. The predicted molar refractivity (Wildman–Crippen MR) is 99.9 cm³/mol. The van der Waals surface area contributed by atoms with Crippen LogP contribution in [0.2, 0.25) is 0 Å². The van der Waals surface area contributed by atoms with Crippen LogP contribution in [0.15, 0.2) is 60.7 Å². The number of benzene rings is 2. The van der Waals surface area contributed by atoms with Crippen molar-refractivity contribution in [3.8, 4) is 11.1 Å². The van der Waals surface area contributed by atoms with Crippen LogP contribution < -0.4 is 0 Å². The fourth-order valence-corrected chi connectivity index (χ4v) is 4.34. The van der Waals surface area contributed by atoms with Crippen LogP contribution in [0.4, 0.5) is 0 Å². The Balaban J connectivity index is 0.00000169. The second-order valence-electron chi connectivity index (χ2n) is 7.59. The van der Waals surface area contributed by atoms with E-state index in [0.717, 1.165) is 0 Å². The maximum Gasteiger partial charge on any atom is 0 e. The van der Waals surface area contributed by atoms with E-state index < -0.39 is 0 Å². The van der Waals surface area contributed by atoms with Crippen LogP contribution in [0.5, 0.6) is 0 Å². The number of hydrogen-bond donors (Lipinski definition) is 0. The quantitative estimate of drug-likeness (QED) is 0.433. The van der Waals surface area contributed by atoms with E-state index in [4.69, 9.17) is 0 Å². The van der Waals surface area contributed by atoms with Gasteiger partial charge in [0.2, 0.25) is 0 Å². The van der Waals surface area contributed by atoms with Crippen molar-refractivity contribution in [1.82, 2.24) is 0 Å². The van der Waals surface area contributed by atoms with Crippen LogP contribution in [-0.4, -0.2) is 0 Å². The SMILES string of the molecule is CC1(Cc2cc3c(-c4ccccc4)cccc3[cH-]2)CCCCC1.[Zr]. The van der Waals surface area contributed by atoms with Gasteiger partial charge in [-0.05, 0) is 30.2 Å². The Hall–Kier alpha value is -1.07. The molecule has 1 aliphatic carbocycles. The molecule has 4 rings (SSSR count). The molecule has 3 aromatic rings. The Morgan fingerprint density at radius 3 is 2.42 bits per heavy atom. The molecule has 0 amide bonds. The Bertz CT molecular complexity index is 791. The molecule has 0 atom stereocenters. The molecule has 24 heavy (non-hydrogen) atoms. The van der Waals surface area contributed by atoms with Crippen LogP contribution in [0, 0.1) is 5.41 Å². The molecule has 1 saturated carbocycles. The molecule has 0 heterocycles. The van der Waals surface area contributed by atoms with E-state index in [1.54, 1.807) is 0 Å². The van der Waals surface area contributed by atoms with Gasteiger partial charge < -0.3 is 0 Å². The molecule has 1 heteroatoms. The minimum atomic E-state index is 0. The molecule has 0 radical (unpaired) electrons. The first-order valence-corrected chi connectivity index (χ1v) is 8.97. The summed E-state index contributed by atoms with van der Waals surface area (Å²) in [7, 11) is 0. The van der Waals surface area contributed by atoms with Crippen molar-refractivity contribution >= 4 is 10.8 Å². The molecule has 122 valence electrons. The van der Waals surface area contributed by atoms with Gasteiger partial charge in [0.15, 0.2) is 0 Å². The van der Waals surface area contributed by atoms with E-state index in [9.17, 15) is 0 Å². The average molecular weight is 393 g/mol. The van der Waals surface area contributed by atoms with Gasteiger partial charge in [-0.15, -0.1) is 34.5 Å². The Kier molecular flexibility index (Phi) is 5.50. The van der Waals surface area contributed by atoms with Crippen LogP contribution in [-0.2, 0) is 32.6 Å². The fraction of sp³-hybridized carbons (Fsp3) is 0.348. The molecule has 0 aromatic heterocycles. The van der Waals surface area contributed by atoms with Gasteiger partial charge in [-0.2, -0.15) is 6.07 Å². The van der Waals surface area contributed by atoms with E-state index in [0.29, 0.717) is 5.41 Å². The summed E-state index contributed by atoms with van der Waals surface area (Å²) < 4.78 is 0. The molecule has 0 bridgehead atoms. The summed E-state index contributed by atoms with van der Waals surface area (Å²) in [5, 5.41) is 2.80. The first-order chi connectivity index (χ1) is 11.2. The molecule has 0 saturated heterocycles. The summed E-state index contributed by atoms with van der Waals surface area (Å²) >= 11 is 0. The van der Waals surface area contributed by atoms with Crippen molar-refractivity contribution in [2.24, 2.45) is 5.41 Å².